The van der Waals surface area contributed by atoms with E-state index in [0.717, 1.165) is 9.96 Å². The Balaban J connectivity index is 3.08. The molecule has 0 aromatic carbocycles. The maximum absolute atomic E-state index is 13.1. The predicted octanol–water partition coefficient (Wildman–Crippen LogP) is 2.85. The number of imide groups is 1. The van der Waals surface area contributed by atoms with E-state index < -0.39 is 52.7 Å². The first-order valence-corrected chi connectivity index (χ1v) is 10.3. The van der Waals surface area contributed by atoms with Crippen molar-refractivity contribution in [2.24, 2.45) is 5.92 Å². The second kappa shape index (κ2) is 9.42. The Morgan fingerprint density at radius 1 is 1.13 bits per heavy atom. The van der Waals surface area contributed by atoms with E-state index in [4.69, 9.17) is 14.3 Å². The number of carbonyl (C=O) groups excluding carboxylic acids is 4. The molecule has 1 N–H and O–H groups in total. The number of hydrogen-bond acceptors (Lipinski definition) is 7. The molecule has 31 heavy (non-hydrogen) atoms. The number of nitrogens with zero attached hydrogens (tertiary/aromatic N) is 2. The van der Waals surface area contributed by atoms with Crippen LogP contribution in [0.4, 0.5) is 9.59 Å². The van der Waals surface area contributed by atoms with E-state index in [2.05, 4.69) is 5.32 Å². The molecule has 10 nitrogen and oxygen atoms in total. The van der Waals surface area contributed by atoms with Crippen molar-refractivity contribution >= 4 is 24.0 Å². The number of amides is 4. The van der Waals surface area contributed by atoms with Gasteiger partial charge in [-0.2, -0.15) is 0 Å². The Kier molecular flexibility index (Phi) is 8.10. The van der Waals surface area contributed by atoms with Crippen LogP contribution in [-0.4, -0.2) is 70.9 Å². The van der Waals surface area contributed by atoms with E-state index in [9.17, 15) is 19.2 Å². The Labute approximate surface area is 184 Å². The van der Waals surface area contributed by atoms with E-state index in [1.807, 2.05) is 0 Å². The van der Waals surface area contributed by atoms with Crippen molar-refractivity contribution in [3.8, 4) is 0 Å². The molecular formula is C21H37N3O7. The summed E-state index contributed by atoms with van der Waals surface area (Å²) in [6, 6.07) is -1.08. The smallest absolute Gasteiger partial charge is 0.417 e. The van der Waals surface area contributed by atoms with Gasteiger partial charge in [0.05, 0.1) is 7.11 Å². The van der Waals surface area contributed by atoms with E-state index in [-0.39, 0.29) is 6.42 Å². The number of rotatable bonds is 5. The lowest BCUT2D eigenvalue weighted by Crippen LogP contribution is -2.50. The minimum Gasteiger partial charge on any atom is -0.444 e. The Bertz CT molecular complexity index is 707. The molecule has 1 aliphatic rings. The fraction of sp³-hybridized carbons (Fsp3) is 0.810. The third-order valence-corrected chi connectivity index (χ3v) is 4.59. The van der Waals surface area contributed by atoms with Gasteiger partial charge in [0.15, 0.2) is 0 Å². The highest BCUT2D eigenvalue weighted by molar-refractivity contribution is 5.97. The van der Waals surface area contributed by atoms with Crippen LogP contribution in [0.5, 0.6) is 0 Å². The monoisotopic (exact) mass is 443 g/mol. The predicted molar refractivity (Wildman–Crippen MR) is 113 cm³/mol. The largest absolute Gasteiger partial charge is 0.444 e. The zero-order valence-electron chi connectivity index (χ0n) is 20.3. The molecule has 0 aromatic rings. The summed E-state index contributed by atoms with van der Waals surface area (Å²) in [4.78, 5) is 56.8. The minimum absolute atomic E-state index is 0.0205. The molecular weight excluding hydrogens is 406 g/mol. The summed E-state index contributed by atoms with van der Waals surface area (Å²) in [6.45, 7) is 13.8. The molecule has 1 unspecified atom stereocenters. The van der Waals surface area contributed by atoms with E-state index in [0.29, 0.717) is 6.42 Å². The number of hydroxylamine groups is 2. The van der Waals surface area contributed by atoms with Crippen LogP contribution in [-0.2, 0) is 23.9 Å². The van der Waals surface area contributed by atoms with Gasteiger partial charge in [0, 0.05) is 18.5 Å². The number of likely N-dealkylation sites (N-methyl/N-ethyl adjacent to an activating group) is 1. The van der Waals surface area contributed by atoms with Crippen molar-refractivity contribution in [2.45, 2.75) is 91.0 Å². The SMILES string of the molecule is CON(C)C(=O)C(C[C@@H]1CC(C)(C)N(C(=O)OC(C)(C)C)C1=O)NC(=O)OC(C)(C)C. The van der Waals surface area contributed by atoms with Crippen LogP contribution in [0.25, 0.3) is 0 Å². The quantitative estimate of drug-likeness (QED) is 0.650. The van der Waals surface area contributed by atoms with Crippen molar-refractivity contribution in [1.29, 1.82) is 0 Å². The number of hydrogen-bond donors (Lipinski definition) is 1. The van der Waals surface area contributed by atoms with Gasteiger partial charge in [-0.25, -0.2) is 19.6 Å². The molecule has 0 aromatic heterocycles. The van der Waals surface area contributed by atoms with Gasteiger partial charge >= 0.3 is 12.2 Å². The highest BCUT2D eigenvalue weighted by atomic mass is 16.7. The zero-order chi connectivity index (χ0) is 24.4. The molecule has 1 saturated heterocycles. The molecule has 178 valence electrons. The maximum Gasteiger partial charge on any atom is 0.417 e. The topological polar surface area (TPSA) is 114 Å². The molecule has 10 heteroatoms. The summed E-state index contributed by atoms with van der Waals surface area (Å²) in [5.41, 5.74) is -2.33. The second-order valence-electron chi connectivity index (χ2n) is 10.3. The molecule has 0 bridgehead atoms. The lowest BCUT2D eigenvalue weighted by molar-refractivity contribution is -0.171. The van der Waals surface area contributed by atoms with Crippen LogP contribution < -0.4 is 5.32 Å². The number of ether oxygens (including phenoxy) is 2. The van der Waals surface area contributed by atoms with E-state index in [1.54, 1.807) is 55.4 Å². The molecule has 4 amide bonds. The van der Waals surface area contributed by atoms with Gasteiger partial charge in [-0.1, -0.05) is 0 Å². The zero-order valence-corrected chi connectivity index (χ0v) is 20.3. The highest BCUT2D eigenvalue weighted by Crippen LogP contribution is 2.37. The van der Waals surface area contributed by atoms with Crippen LogP contribution in [0.3, 0.4) is 0 Å². The van der Waals surface area contributed by atoms with Gasteiger partial charge in [-0.3, -0.25) is 14.4 Å². The Hall–Kier alpha value is -2.36. The summed E-state index contributed by atoms with van der Waals surface area (Å²) in [6.07, 6.45) is -1.24. The summed E-state index contributed by atoms with van der Waals surface area (Å²) < 4.78 is 10.6. The number of alkyl carbamates (subject to hydrolysis) is 1. The van der Waals surface area contributed by atoms with Crippen molar-refractivity contribution in [3.63, 3.8) is 0 Å². The van der Waals surface area contributed by atoms with Gasteiger partial charge in [-0.15, -0.1) is 0 Å². The summed E-state index contributed by atoms with van der Waals surface area (Å²) >= 11 is 0. The van der Waals surface area contributed by atoms with Crippen LogP contribution in [0.15, 0.2) is 0 Å². The first-order chi connectivity index (χ1) is 13.9. The molecule has 0 spiro atoms. The van der Waals surface area contributed by atoms with E-state index >= 15 is 0 Å². The summed E-state index contributed by atoms with van der Waals surface area (Å²) in [7, 11) is 2.72. The minimum atomic E-state index is -1.08. The Morgan fingerprint density at radius 2 is 1.65 bits per heavy atom. The maximum atomic E-state index is 13.1. The molecule has 2 atom stereocenters. The lowest BCUT2D eigenvalue weighted by Gasteiger charge is -2.31. The number of nitrogens with one attached hydrogen (secondary N) is 1. The van der Waals surface area contributed by atoms with Crippen LogP contribution in [0, 0.1) is 5.92 Å². The van der Waals surface area contributed by atoms with Gasteiger partial charge in [0.1, 0.15) is 17.2 Å². The second-order valence-corrected chi connectivity index (χ2v) is 10.3. The van der Waals surface area contributed by atoms with Gasteiger partial charge in [0.25, 0.3) is 5.91 Å². The van der Waals surface area contributed by atoms with Gasteiger partial charge in [-0.05, 0) is 68.2 Å². The lowest BCUT2D eigenvalue weighted by atomic mass is 9.91. The van der Waals surface area contributed by atoms with Crippen molar-refractivity contribution in [1.82, 2.24) is 15.3 Å². The van der Waals surface area contributed by atoms with Crippen LogP contribution in [0.1, 0.15) is 68.2 Å². The fourth-order valence-electron chi connectivity index (χ4n) is 3.36. The van der Waals surface area contributed by atoms with Crippen molar-refractivity contribution in [2.75, 3.05) is 14.2 Å². The van der Waals surface area contributed by atoms with Crippen LogP contribution >= 0.6 is 0 Å². The van der Waals surface area contributed by atoms with Gasteiger partial charge < -0.3 is 14.8 Å². The summed E-state index contributed by atoms with van der Waals surface area (Å²) in [5, 5.41) is 3.50. The molecule has 1 fully saturated rings. The number of likely N-dealkylation sites (tertiary alicyclic amines) is 1. The summed E-state index contributed by atoms with van der Waals surface area (Å²) in [5.74, 6) is -1.69. The van der Waals surface area contributed by atoms with Crippen molar-refractivity contribution < 1.29 is 33.5 Å². The average molecular weight is 444 g/mol. The Morgan fingerprint density at radius 3 is 2.10 bits per heavy atom. The van der Waals surface area contributed by atoms with E-state index in [1.165, 1.54) is 14.2 Å². The standard InChI is InChI=1S/C21H37N3O7/c1-19(2,3)30-17(27)22-14(16(26)23(9)29-10)11-13-12-21(7,8)24(15(13)25)18(28)31-20(4,5)6/h13-14H,11-12H2,1-10H3,(H,22,27)/t13-,14?/m1/s1. The molecule has 1 heterocycles. The molecule has 0 saturated carbocycles. The average Bonchev–Trinajstić information content (AvgIpc) is 2.77. The first kappa shape index (κ1) is 26.7. The normalized spacial score (nSPS) is 19.6. The molecule has 0 radical (unpaired) electrons. The fourth-order valence-corrected chi connectivity index (χ4v) is 3.36. The van der Waals surface area contributed by atoms with Gasteiger partial charge in [0.2, 0.25) is 5.91 Å². The molecule has 1 aliphatic heterocycles. The molecule has 1 rings (SSSR count). The third-order valence-electron chi connectivity index (χ3n) is 4.59. The number of carbonyl (C=O) groups is 4. The third kappa shape index (κ3) is 7.68. The van der Waals surface area contributed by atoms with Crippen molar-refractivity contribution in [3.05, 3.63) is 0 Å². The molecule has 0 aliphatic carbocycles. The first-order valence-electron chi connectivity index (χ1n) is 10.3. The highest BCUT2D eigenvalue weighted by Gasteiger charge is 2.50. The van der Waals surface area contributed by atoms with Crippen LogP contribution in [0.2, 0.25) is 0 Å².